The average Bonchev–Trinajstić information content (AvgIpc) is 2.74. The van der Waals surface area contributed by atoms with Gasteiger partial charge in [-0.25, -0.2) is 19.3 Å². The van der Waals surface area contributed by atoms with E-state index in [9.17, 15) is 14.6 Å². The Morgan fingerprint density at radius 1 is 1.32 bits per heavy atom. The number of nitrogens with zero attached hydrogens (tertiary/aromatic N) is 4. The monoisotopic (exact) mass is 266 g/mol. The molecule has 7 nitrogen and oxygen atoms in total. The van der Waals surface area contributed by atoms with Crippen molar-refractivity contribution in [3.63, 3.8) is 0 Å². The fourth-order valence-electron chi connectivity index (χ4n) is 2.67. The highest BCUT2D eigenvalue weighted by molar-refractivity contribution is 5.72. The second kappa shape index (κ2) is 3.27. The Morgan fingerprint density at radius 2 is 2.11 bits per heavy atom. The first kappa shape index (κ1) is 11.2. The van der Waals surface area contributed by atoms with Crippen LogP contribution < -0.4 is 0 Å². The van der Waals surface area contributed by atoms with Crippen LogP contribution in [0.2, 0.25) is 0 Å². The number of hydrogen-bond acceptors (Lipinski definition) is 6. The molecule has 5 atom stereocenters. The van der Waals surface area contributed by atoms with Crippen LogP contribution in [0, 0.1) is 6.92 Å². The molecule has 0 radical (unpaired) electrons. The number of halogens is 1. The van der Waals surface area contributed by atoms with Crippen LogP contribution in [0.25, 0.3) is 11.2 Å². The Kier molecular flexibility index (Phi) is 1.93. The standard InChI is InChI=1S/C11H11FN4O3/c1-4-5-9(14-2-13-4)16(3-15-5)10-7(18)11(12)6(17)8(11)19-10/h2-3,6-8,10,17-18H,1H3/t6?,7-,8+,10+,11-/m0/s1. The molecule has 100 valence electrons. The Balaban J connectivity index is 1.79. The quantitative estimate of drug-likeness (QED) is 0.721. The fraction of sp³-hybridized carbons (Fsp3) is 0.545. The molecular weight excluding hydrogens is 255 g/mol. The molecular formula is C11H11FN4O3. The fourth-order valence-corrected chi connectivity index (χ4v) is 2.67. The van der Waals surface area contributed by atoms with Crippen LogP contribution in [0.15, 0.2) is 12.7 Å². The van der Waals surface area contributed by atoms with Gasteiger partial charge in [-0.1, -0.05) is 0 Å². The van der Waals surface area contributed by atoms with E-state index >= 15 is 0 Å². The molecule has 1 saturated heterocycles. The third-order valence-electron chi connectivity index (χ3n) is 3.89. The van der Waals surface area contributed by atoms with Gasteiger partial charge in [0.25, 0.3) is 0 Å². The lowest BCUT2D eigenvalue weighted by Crippen LogP contribution is -2.33. The van der Waals surface area contributed by atoms with Crippen LogP contribution in [0.3, 0.4) is 0 Å². The number of ether oxygens (including phenoxy) is 1. The van der Waals surface area contributed by atoms with Gasteiger partial charge < -0.3 is 14.9 Å². The maximum atomic E-state index is 14.1. The molecule has 0 amide bonds. The number of aromatic nitrogens is 4. The van der Waals surface area contributed by atoms with E-state index in [1.807, 2.05) is 0 Å². The van der Waals surface area contributed by atoms with Crippen LogP contribution in [-0.2, 0) is 4.74 Å². The predicted octanol–water partition coefficient (Wildman–Crippen LogP) is -0.524. The molecule has 1 aliphatic carbocycles. The zero-order valence-corrected chi connectivity index (χ0v) is 9.93. The summed E-state index contributed by atoms with van der Waals surface area (Å²) in [6.07, 6.45) is -1.81. The van der Waals surface area contributed by atoms with Crippen molar-refractivity contribution >= 4 is 11.2 Å². The molecule has 19 heavy (non-hydrogen) atoms. The van der Waals surface area contributed by atoms with Crippen molar-refractivity contribution in [3.05, 3.63) is 18.3 Å². The van der Waals surface area contributed by atoms with Gasteiger partial charge in [0.1, 0.15) is 30.2 Å². The van der Waals surface area contributed by atoms with E-state index in [0.717, 1.165) is 0 Å². The van der Waals surface area contributed by atoms with Gasteiger partial charge in [-0.2, -0.15) is 0 Å². The Morgan fingerprint density at radius 3 is 2.79 bits per heavy atom. The molecule has 1 unspecified atom stereocenters. The van der Waals surface area contributed by atoms with Gasteiger partial charge in [0.05, 0.1) is 12.0 Å². The third-order valence-corrected chi connectivity index (χ3v) is 3.89. The number of imidazole rings is 1. The Hall–Kier alpha value is -1.64. The van der Waals surface area contributed by atoms with Crippen molar-refractivity contribution in [1.29, 1.82) is 0 Å². The van der Waals surface area contributed by atoms with Gasteiger partial charge in [-0.15, -0.1) is 0 Å². The predicted molar refractivity (Wildman–Crippen MR) is 59.8 cm³/mol. The SMILES string of the molecule is Cc1ncnc2c1ncn2[C@@H]1O[C@@H]2C(O)[C@]2(F)[C@H]1O. The summed E-state index contributed by atoms with van der Waals surface area (Å²) in [6, 6.07) is 0. The lowest BCUT2D eigenvalue weighted by atomic mass is 10.2. The van der Waals surface area contributed by atoms with Crippen molar-refractivity contribution in [3.8, 4) is 0 Å². The molecule has 2 aromatic rings. The van der Waals surface area contributed by atoms with Gasteiger partial charge >= 0.3 is 0 Å². The molecule has 1 aliphatic heterocycles. The number of alkyl halides is 1. The molecule has 1 saturated carbocycles. The van der Waals surface area contributed by atoms with Crippen LogP contribution in [0.1, 0.15) is 11.9 Å². The van der Waals surface area contributed by atoms with Gasteiger partial charge in [0, 0.05) is 0 Å². The van der Waals surface area contributed by atoms with E-state index in [1.165, 1.54) is 17.2 Å². The van der Waals surface area contributed by atoms with E-state index in [0.29, 0.717) is 16.9 Å². The molecule has 8 heteroatoms. The third kappa shape index (κ3) is 1.18. The molecule has 2 fully saturated rings. The highest BCUT2D eigenvalue weighted by Crippen LogP contribution is 2.56. The normalized spacial score (nSPS) is 40.6. The molecule has 4 rings (SSSR count). The van der Waals surface area contributed by atoms with Crippen molar-refractivity contribution in [2.24, 2.45) is 0 Å². The lowest BCUT2D eigenvalue weighted by Gasteiger charge is -2.21. The second-order valence-corrected chi connectivity index (χ2v) is 4.95. The summed E-state index contributed by atoms with van der Waals surface area (Å²) in [5, 5.41) is 19.3. The summed E-state index contributed by atoms with van der Waals surface area (Å²) in [5.74, 6) is 0. The van der Waals surface area contributed by atoms with E-state index in [1.54, 1.807) is 6.92 Å². The molecule has 0 bridgehead atoms. The first-order valence-corrected chi connectivity index (χ1v) is 5.89. The van der Waals surface area contributed by atoms with Gasteiger partial charge in [-0.05, 0) is 6.92 Å². The lowest BCUT2D eigenvalue weighted by molar-refractivity contribution is -0.0803. The van der Waals surface area contributed by atoms with Crippen LogP contribution >= 0.6 is 0 Å². The molecule has 0 spiro atoms. The minimum atomic E-state index is -2.08. The Bertz CT molecular complexity index is 677. The number of aryl methyl sites for hydroxylation is 1. The van der Waals surface area contributed by atoms with Gasteiger partial charge in [0.15, 0.2) is 17.5 Å². The van der Waals surface area contributed by atoms with E-state index in [2.05, 4.69) is 15.0 Å². The highest BCUT2D eigenvalue weighted by atomic mass is 19.1. The van der Waals surface area contributed by atoms with Crippen molar-refractivity contribution in [2.45, 2.75) is 37.1 Å². The largest absolute Gasteiger partial charge is 0.387 e. The number of rotatable bonds is 1. The molecule has 0 aromatic carbocycles. The smallest absolute Gasteiger partial charge is 0.197 e. The minimum absolute atomic E-state index is 0.468. The summed E-state index contributed by atoms with van der Waals surface area (Å²) in [4.78, 5) is 12.2. The van der Waals surface area contributed by atoms with Crippen molar-refractivity contribution in [1.82, 2.24) is 19.5 Å². The summed E-state index contributed by atoms with van der Waals surface area (Å²) in [6.45, 7) is 1.78. The molecule has 3 heterocycles. The summed E-state index contributed by atoms with van der Waals surface area (Å²) < 4.78 is 20.9. The topological polar surface area (TPSA) is 93.3 Å². The van der Waals surface area contributed by atoms with Crippen LogP contribution in [-0.4, -0.2) is 53.7 Å². The zero-order valence-electron chi connectivity index (χ0n) is 9.93. The average molecular weight is 266 g/mol. The highest BCUT2D eigenvalue weighted by Gasteiger charge is 2.78. The maximum absolute atomic E-state index is 14.1. The minimum Gasteiger partial charge on any atom is -0.387 e. The van der Waals surface area contributed by atoms with Crippen LogP contribution in [0.5, 0.6) is 0 Å². The van der Waals surface area contributed by atoms with E-state index in [-0.39, 0.29) is 0 Å². The molecule has 2 N–H and O–H groups in total. The first-order valence-electron chi connectivity index (χ1n) is 5.89. The number of aliphatic hydroxyl groups excluding tert-OH is 2. The van der Waals surface area contributed by atoms with E-state index in [4.69, 9.17) is 4.74 Å². The van der Waals surface area contributed by atoms with Crippen molar-refractivity contribution < 1.29 is 19.3 Å². The number of aliphatic hydroxyl groups is 2. The van der Waals surface area contributed by atoms with E-state index < -0.39 is 30.2 Å². The molecule has 2 aliphatic rings. The zero-order chi connectivity index (χ0) is 13.4. The number of hydrogen-bond donors (Lipinski definition) is 2. The maximum Gasteiger partial charge on any atom is 0.197 e. The summed E-state index contributed by atoms with van der Waals surface area (Å²) in [5.41, 5.74) is -0.344. The Labute approximate surface area is 106 Å². The van der Waals surface area contributed by atoms with Gasteiger partial charge in [-0.3, -0.25) is 4.57 Å². The van der Waals surface area contributed by atoms with Crippen molar-refractivity contribution in [2.75, 3.05) is 0 Å². The van der Waals surface area contributed by atoms with Crippen LogP contribution in [0.4, 0.5) is 4.39 Å². The first-order chi connectivity index (χ1) is 9.05. The second-order valence-electron chi connectivity index (χ2n) is 4.95. The summed E-state index contributed by atoms with van der Waals surface area (Å²) >= 11 is 0. The molecule has 2 aromatic heterocycles. The summed E-state index contributed by atoms with van der Waals surface area (Å²) in [7, 11) is 0. The number of fused-ring (bicyclic) bond motifs is 2. The van der Waals surface area contributed by atoms with Gasteiger partial charge in [0.2, 0.25) is 0 Å².